The lowest BCUT2D eigenvalue weighted by Crippen LogP contribution is -2.30. The number of aryl methyl sites for hydroxylation is 1. The van der Waals surface area contributed by atoms with Crippen molar-refractivity contribution in [3.8, 4) is 6.07 Å². The average Bonchev–Trinajstić information content (AvgIpc) is 3.20. The van der Waals surface area contributed by atoms with Gasteiger partial charge in [-0.2, -0.15) is 5.26 Å². The van der Waals surface area contributed by atoms with Crippen LogP contribution < -0.4 is 4.90 Å². The number of amides is 1. The van der Waals surface area contributed by atoms with Gasteiger partial charge in [0.25, 0.3) is 5.91 Å². The zero-order valence-electron chi connectivity index (χ0n) is 16.0. The molecule has 0 fully saturated rings. The van der Waals surface area contributed by atoms with Gasteiger partial charge in [-0.25, -0.2) is 4.98 Å². The van der Waals surface area contributed by atoms with Gasteiger partial charge in [0.1, 0.15) is 0 Å². The third-order valence-corrected chi connectivity index (χ3v) is 5.83. The molecule has 0 saturated carbocycles. The van der Waals surface area contributed by atoms with Gasteiger partial charge in [0, 0.05) is 5.56 Å². The summed E-state index contributed by atoms with van der Waals surface area (Å²) < 4.78 is 1.06. The van der Waals surface area contributed by atoms with Crippen LogP contribution in [-0.4, -0.2) is 10.9 Å². The number of thiazole rings is 1. The second-order valence-electron chi connectivity index (χ2n) is 6.72. The van der Waals surface area contributed by atoms with E-state index in [9.17, 15) is 4.79 Å². The van der Waals surface area contributed by atoms with E-state index >= 15 is 0 Å². The molecule has 0 aliphatic carbocycles. The van der Waals surface area contributed by atoms with Crippen LogP contribution in [0.3, 0.4) is 0 Å². The van der Waals surface area contributed by atoms with Gasteiger partial charge in [-0.15, -0.1) is 0 Å². The molecule has 1 amide bonds. The highest BCUT2D eigenvalue weighted by Crippen LogP contribution is 2.31. The van der Waals surface area contributed by atoms with Crippen LogP contribution >= 0.6 is 11.3 Å². The Kier molecular flexibility index (Phi) is 5.37. The van der Waals surface area contributed by atoms with Gasteiger partial charge in [0.15, 0.2) is 5.13 Å². The molecule has 142 valence electrons. The maximum atomic E-state index is 13.4. The first kappa shape index (κ1) is 18.9. The monoisotopic (exact) mass is 397 g/mol. The molecule has 0 unspecified atom stereocenters. The molecule has 1 heterocycles. The molecule has 0 aliphatic rings. The fourth-order valence-electron chi connectivity index (χ4n) is 3.13. The Morgan fingerprint density at radius 1 is 1.03 bits per heavy atom. The Morgan fingerprint density at radius 3 is 2.48 bits per heavy atom. The molecule has 0 bridgehead atoms. The minimum absolute atomic E-state index is 0.131. The van der Waals surface area contributed by atoms with Gasteiger partial charge >= 0.3 is 0 Å². The number of rotatable bonds is 5. The number of nitrogens with zero attached hydrogens (tertiary/aromatic N) is 3. The number of fused-ring (bicyclic) bond motifs is 1. The van der Waals surface area contributed by atoms with Gasteiger partial charge in [0.2, 0.25) is 0 Å². The van der Waals surface area contributed by atoms with Crippen molar-refractivity contribution in [3.05, 3.63) is 95.1 Å². The number of carbonyl (C=O) groups excluding carboxylic acids is 1. The Morgan fingerprint density at radius 2 is 1.79 bits per heavy atom. The lowest BCUT2D eigenvalue weighted by molar-refractivity contribution is 0.0985. The number of hydrogen-bond acceptors (Lipinski definition) is 4. The van der Waals surface area contributed by atoms with Crippen molar-refractivity contribution >= 4 is 32.6 Å². The molecule has 0 spiro atoms. The number of nitriles is 1. The molecule has 1 aromatic heterocycles. The summed E-state index contributed by atoms with van der Waals surface area (Å²) in [6.07, 6.45) is 0.945. The summed E-state index contributed by atoms with van der Waals surface area (Å²) in [6, 6.07) is 25.0. The standard InChI is InChI=1S/C24H19N3OS/c1-2-17-10-13-22-21(14-17)26-24(29-22)27(16-19-6-4-3-5-7-19)23(28)20-11-8-18(15-25)9-12-20/h3-14H,2,16H2,1H3. The van der Waals surface area contributed by atoms with Crippen LogP contribution in [0.5, 0.6) is 0 Å². The van der Waals surface area contributed by atoms with Crippen LogP contribution in [0.2, 0.25) is 0 Å². The first-order valence-electron chi connectivity index (χ1n) is 9.43. The second-order valence-corrected chi connectivity index (χ2v) is 7.73. The predicted octanol–water partition coefficient (Wildman–Crippen LogP) is 5.58. The van der Waals surface area contributed by atoms with Crippen LogP contribution in [0.15, 0.2) is 72.8 Å². The van der Waals surface area contributed by atoms with Gasteiger partial charge < -0.3 is 0 Å². The van der Waals surface area contributed by atoms with Crippen molar-refractivity contribution in [1.82, 2.24) is 4.98 Å². The lowest BCUT2D eigenvalue weighted by atomic mass is 10.1. The van der Waals surface area contributed by atoms with Crippen LogP contribution in [0.4, 0.5) is 5.13 Å². The molecule has 4 rings (SSSR count). The number of carbonyl (C=O) groups is 1. The Hall–Kier alpha value is -3.49. The van der Waals surface area contributed by atoms with Crippen molar-refractivity contribution in [3.63, 3.8) is 0 Å². The van der Waals surface area contributed by atoms with E-state index in [1.54, 1.807) is 29.2 Å². The fourth-order valence-corrected chi connectivity index (χ4v) is 4.08. The molecule has 29 heavy (non-hydrogen) atoms. The molecule has 0 N–H and O–H groups in total. The zero-order chi connectivity index (χ0) is 20.2. The van der Waals surface area contributed by atoms with Crippen LogP contribution in [0.25, 0.3) is 10.2 Å². The molecule has 5 heteroatoms. The maximum absolute atomic E-state index is 13.4. The van der Waals surface area contributed by atoms with E-state index < -0.39 is 0 Å². The summed E-state index contributed by atoms with van der Waals surface area (Å²) in [4.78, 5) is 19.8. The highest BCUT2D eigenvalue weighted by molar-refractivity contribution is 7.22. The van der Waals surface area contributed by atoms with E-state index in [0.717, 1.165) is 22.2 Å². The fraction of sp³-hybridized carbons (Fsp3) is 0.125. The third kappa shape index (κ3) is 4.03. The van der Waals surface area contributed by atoms with E-state index in [2.05, 4.69) is 31.2 Å². The molecular weight excluding hydrogens is 378 g/mol. The molecule has 0 saturated heterocycles. The SMILES string of the molecule is CCc1ccc2sc(N(Cc3ccccc3)C(=O)c3ccc(C#N)cc3)nc2c1. The van der Waals surface area contributed by atoms with Crippen molar-refractivity contribution in [2.24, 2.45) is 0 Å². The molecule has 0 atom stereocenters. The minimum atomic E-state index is -0.131. The van der Waals surface area contributed by atoms with Gasteiger partial charge in [-0.1, -0.05) is 54.7 Å². The summed E-state index contributed by atoms with van der Waals surface area (Å²) in [5.41, 5.74) is 4.23. The molecule has 0 aliphatic heterocycles. The average molecular weight is 398 g/mol. The highest BCUT2D eigenvalue weighted by Gasteiger charge is 2.22. The van der Waals surface area contributed by atoms with Crippen molar-refractivity contribution < 1.29 is 4.79 Å². The van der Waals surface area contributed by atoms with Gasteiger partial charge in [-0.05, 0) is 53.9 Å². The second kappa shape index (κ2) is 8.26. The number of aromatic nitrogens is 1. The van der Waals surface area contributed by atoms with E-state index in [4.69, 9.17) is 10.2 Å². The van der Waals surface area contributed by atoms with Gasteiger partial charge in [0.05, 0.1) is 28.4 Å². The summed E-state index contributed by atoms with van der Waals surface area (Å²) in [5.74, 6) is -0.131. The smallest absolute Gasteiger partial charge is 0.260 e. The summed E-state index contributed by atoms with van der Waals surface area (Å²) in [7, 11) is 0. The summed E-state index contributed by atoms with van der Waals surface area (Å²) >= 11 is 1.52. The number of anilines is 1. The molecular formula is C24H19N3OS. The maximum Gasteiger partial charge on any atom is 0.260 e. The lowest BCUT2D eigenvalue weighted by Gasteiger charge is -2.20. The van der Waals surface area contributed by atoms with E-state index in [1.165, 1.54) is 16.9 Å². The normalized spacial score (nSPS) is 10.6. The minimum Gasteiger partial charge on any atom is -0.279 e. The summed E-state index contributed by atoms with van der Waals surface area (Å²) in [6.45, 7) is 2.55. The quantitative estimate of drug-likeness (QED) is 0.442. The molecule has 4 nitrogen and oxygen atoms in total. The summed E-state index contributed by atoms with van der Waals surface area (Å²) in [5, 5.41) is 9.69. The molecule has 4 aromatic rings. The van der Waals surface area contributed by atoms with Crippen LogP contribution in [0.1, 0.15) is 34.0 Å². The molecule has 3 aromatic carbocycles. The van der Waals surface area contributed by atoms with Crippen LogP contribution in [-0.2, 0) is 13.0 Å². The Balaban J connectivity index is 1.75. The highest BCUT2D eigenvalue weighted by atomic mass is 32.1. The van der Waals surface area contributed by atoms with E-state index in [-0.39, 0.29) is 5.91 Å². The Bertz CT molecular complexity index is 1190. The number of benzene rings is 3. The van der Waals surface area contributed by atoms with Crippen molar-refractivity contribution in [1.29, 1.82) is 5.26 Å². The third-order valence-electron chi connectivity index (χ3n) is 4.77. The Labute approximate surface area is 173 Å². The van der Waals surface area contributed by atoms with E-state index in [0.29, 0.717) is 22.8 Å². The van der Waals surface area contributed by atoms with E-state index in [1.807, 2.05) is 30.3 Å². The van der Waals surface area contributed by atoms with Gasteiger partial charge in [-0.3, -0.25) is 9.69 Å². The largest absolute Gasteiger partial charge is 0.279 e. The predicted molar refractivity (Wildman–Crippen MR) is 117 cm³/mol. The van der Waals surface area contributed by atoms with Crippen molar-refractivity contribution in [2.75, 3.05) is 4.90 Å². The molecule has 0 radical (unpaired) electrons. The topological polar surface area (TPSA) is 57.0 Å². The first-order chi connectivity index (χ1) is 14.2. The zero-order valence-corrected chi connectivity index (χ0v) is 16.8. The van der Waals surface area contributed by atoms with Crippen LogP contribution in [0, 0.1) is 11.3 Å². The first-order valence-corrected chi connectivity index (χ1v) is 10.2. The van der Waals surface area contributed by atoms with Crippen molar-refractivity contribution in [2.45, 2.75) is 19.9 Å². The number of hydrogen-bond donors (Lipinski definition) is 0.